The van der Waals surface area contributed by atoms with Crippen LogP contribution in [0.4, 0.5) is 5.69 Å². The fourth-order valence-electron chi connectivity index (χ4n) is 1.22. The molecule has 1 aromatic rings. The Morgan fingerprint density at radius 2 is 1.92 bits per heavy atom. The minimum atomic E-state index is 0.921. The van der Waals surface area contributed by atoms with Crippen LogP contribution in [-0.4, -0.2) is 6.54 Å². The van der Waals surface area contributed by atoms with E-state index in [1.165, 1.54) is 18.5 Å². The number of hydrogen-bond donors (Lipinski definition) is 0. The summed E-state index contributed by atoms with van der Waals surface area (Å²) in [7, 11) is 0. The summed E-state index contributed by atoms with van der Waals surface area (Å²) >= 11 is 3.56. The standard InChI is InChI=1S/C10H12BrN/c11-12(8-9-6-7-9)10-4-2-1-3-5-10/h1-5,9H,6-8H2. The fourth-order valence-corrected chi connectivity index (χ4v) is 1.87. The van der Waals surface area contributed by atoms with Crippen molar-refractivity contribution < 1.29 is 0 Å². The third kappa shape index (κ3) is 2.01. The molecule has 12 heavy (non-hydrogen) atoms. The first-order chi connectivity index (χ1) is 5.86. The summed E-state index contributed by atoms with van der Waals surface area (Å²) in [6.07, 6.45) is 2.80. The summed E-state index contributed by atoms with van der Waals surface area (Å²) in [6, 6.07) is 10.4. The highest BCUT2D eigenvalue weighted by atomic mass is 79.9. The average Bonchev–Trinajstić information content (AvgIpc) is 2.90. The lowest BCUT2D eigenvalue weighted by Gasteiger charge is -2.15. The Hall–Kier alpha value is -0.500. The normalized spacial score (nSPS) is 16.1. The van der Waals surface area contributed by atoms with Crippen LogP contribution in [0.5, 0.6) is 0 Å². The molecular weight excluding hydrogens is 214 g/mol. The zero-order chi connectivity index (χ0) is 8.39. The van der Waals surface area contributed by atoms with Crippen molar-refractivity contribution in [3.8, 4) is 0 Å². The molecule has 0 aliphatic heterocycles. The second-order valence-electron chi connectivity index (χ2n) is 3.32. The molecule has 0 aromatic heterocycles. The van der Waals surface area contributed by atoms with E-state index in [0.717, 1.165) is 12.5 Å². The molecule has 1 nitrogen and oxygen atoms in total. The molecule has 0 heterocycles. The number of benzene rings is 1. The smallest absolute Gasteiger partial charge is 0.0496 e. The monoisotopic (exact) mass is 225 g/mol. The molecule has 64 valence electrons. The number of nitrogens with zero attached hydrogens (tertiary/aromatic N) is 1. The van der Waals surface area contributed by atoms with Crippen molar-refractivity contribution in [2.45, 2.75) is 12.8 Å². The van der Waals surface area contributed by atoms with Crippen molar-refractivity contribution in [2.75, 3.05) is 10.5 Å². The maximum atomic E-state index is 3.56. The molecule has 0 amide bonds. The van der Waals surface area contributed by atoms with E-state index in [9.17, 15) is 0 Å². The molecule has 0 bridgehead atoms. The van der Waals surface area contributed by atoms with Crippen LogP contribution < -0.4 is 3.93 Å². The van der Waals surface area contributed by atoms with Crippen molar-refractivity contribution in [1.29, 1.82) is 0 Å². The van der Waals surface area contributed by atoms with Gasteiger partial charge in [0, 0.05) is 28.4 Å². The van der Waals surface area contributed by atoms with Crippen molar-refractivity contribution in [2.24, 2.45) is 5.92 Å². The summed E-state index contributed by atoms with van der Waals surface area (Å²) in [4.78, 5) is 0. The first kappa shape index (κ1) is 8.11. The van der Waals surface area contributed by atoms with E-state index < -0.39 is 0 Å². The number of anilines is 1. The zero-order valence-electron chi connectivity index (χ0n) is 6.91. The first-order valence-electron chi connectivity index (χ1n) is 4.34. The van der Waals surface area contributed by atoms with Gasteiger partial charge in [-0.3, -0.25) is 0 Å². The van der Waals surface area contributed by atoms with Gasteiger partial charge in [-0.1, -0.05) is 18.2 Å². The Morgan fingerprint density at radius 1 is 1.25 bits per heavy atom. The molecule has 0 saturated heterocycles. The molecule has 0 N–H and O–H groups in total. The second-order valence-corrected chi connectivity index (χ2v) is 4.18. The Bertz CT molecular complexity index is 243. The quantitative estimate of drug-likeness (QED) is 0.715. The van der Waals surface area contributed by atoms with Crippen LogP contribution in [0, 0.1) is 5.92 Å². The average molecular weight is 226 g/mol. The molecular formula is C10H12BrN. The highest BCUT2D eigenvalue weighted by Gasteiger charge is 2.23. The fraction of sp³-hybridized carbons (Fsp3) is 0.400. The molecule has 1 aliphatic carbocycles. The van der Waals surface area contributed by atoms with Crippen LogP contribution in [0.1, 0.15) is 12.8 Å². The molecule has 1 aromatic carbocycles. The highest BCUT2D eigenvalue weighted by molar-refractivity contribution is 9.10. The molecule has 2 heteroatoms. The third-order valence-electron chi connectivity index (χ3n) is 2.15. The van der Waals surface area contributed by atoms with Crippen molar-refractivity contribution in [3.63, 3.8) is 0 Å². The van der Waals surface area contributed by atoms with Gasteiger partial charge in [-0.15, -0.1) is 0 Å². The SMILES string of the molecule is BrN(CC1CC1)c1ccccc1. The van der Waals surface area contributed by atoms with E-state index in [0.29, 0.717) is 0 Å². The van der Waals surface area contributed by atoms with Crippen molar-refractivity contribution >= 4 is 21.8 Å². The Balaban J connectivity index is 1.98. The number of rotatable bonds is 3. The molecule has 1 aliphatic rings. The highest BCUT2D eigenvalue weighted by Crippen LogP contribution is 2.32. The van der Waals surface area contributed by atoms with Crippen LogP contribution in [0.2, 0.25) is 0 Å². The Morgan fingerprint density at radius 3 is 2.50 bits per heavy atom. The van der Waals surface area contributed by atoms with Gasteiger partial charge in [0.05, 0.1) is 0 Å². The molecule has 1 fully saturated rings. The van der Waals surface area contributed by atoms with E-state index >= 15 is 0 Å². The molecule has 0 atom stereocenters. The van der Waals surface area contributed by atoms with E-state index in [-0.39, 0.29) is 0 Å². The lowest BCUT2D eigenvalue weighted by molar-refractivity contribution is 0.854. The summed E-state index contributed by atoms with van der Waals surface area (Å²) in [5.74, 6) is 0.921. The number of halogens is 1. The summed E-state index contributed by atoms with van der Waals surface area (Å²) in [6.45, 7) is 1.14. The zero-order valence-corrected chi connectivity index (χ0v) is 8.50. The summed E-state index contributed by atoms with van der Waals surface area (Å²) < 4.78 is 2.16. The van der Waals surface area contributed by atoms with Gasteiger partial charge in [0.1, 0.15) is 0 Å². The summed E-state index contributed by atoms with van der Waals surface area (Å²) in [5.41, 5.74) is 1.25. The Labute approximate surface area is 81.7 Å². The lowest BCUT2D eigenvalue weighted by atomic mass is 10.3. The van der Waals surface area contributed by atoms with Gasteiger partial charge in [-0.05, 0) is 30.9 Å². The largest absolute Gasteiger partial charge is 0.309 e. The maximum absolute atomic E-state index is 3.56. The number of para-hydroxylation sites is 1. The van der Waals surface area contributed by atoms with Crippen LogP contribution in [0.3, 0.4) is 0 Å². The maximum Gasteiger partial charge on any atom is 0.0496 e. The van der Waals surface area contributed by atoms with E-state index in [1.807, 2.05) is 6.07 Å². The molecule has 1 saturated carbocycles. The predicted octanol–water partition coefficient (Wildman–Crippen LogP) is 3.21. The molecule has 0 unspecified atom stereocenters. The van der Waals surface area contributed by atoms with Gasteiger partial charge in [-0.2, -0.15) is 0 Å². The van der Waals surface area contributed by atoms with Crippen molar-refractivity contribution in [1.82, 2.24) is 0 Å². The minimum Gasteiger partial charge on any atom is -0.309 e. The van der Waals surface area contributed by atoms with Gasteiger partial charge in [0.15, 0.2) is 0 Å². The topological polar surface area (TPSA) is 3.24 Å². The van der Waals surface area contributed by atoms with Crippen LogP contribution >= 0.6 is 16.1 Å². The third-order valence-corrected chi connectivity index (χ3v) is 2.85. The van der Waals surface area contributed by atoms with Crippen LogP contribution in [0.25, 0.3) is 0 Å². The summed E-state index contributed by atoms with van der Waals surface area (Å²) in [5, 5.41) is 0. The Kier molecular flexibility index (Phi) is 2.35. The molecule has 0 radical (unpaired) electrons. The van der Waals surface area contributed by atoms with Crippen molar-refractivity contribution in [3.05, 3.63) is 30.3 Å². The van der Waals surface area contributed by atoms with E-state index in [2.05, 4.69) is 44.3 Å². The molecule has 0 spiro atoms. The molecule has 2 rings (SSSR count). The van der Waals surface area contributed by atoms with Gasteiger partial charge in [-0.25, -0.2) is 0 Å². The number of hydrogen-bond acceptors (Lipinski definition) is 1. The van der Waals surface area contributed by atoms with Gasteiger partial charge in [0.25, 0.3) is 0 Å². The minimum absolute atomic E-state index is 0.921. The first-order valence-corrected chi connectivity index (χ1v) is 5.05. The lowest BCUT2D eigenvalue weighted by Crippen LogP contribution is -2.12. The van der Waals surface area contributed by atoms with E-state index in [4.69, 9.17) is 0 Å². The van der Waals surface area contributed by atoms with Gasteiger partial charge >= 0.3 is 0 Å². The van der Waals surface area contributed by atoms with Crippen LogP contribution in [-0.2, 0) is 0 Å². The van der Waals surface area contributed by atoms with Crippen LogP contribution in [0.15, 0.2) is 30.3 Å². The second kappa shape index (κ2) is 3.48. The predicted molar refractivity (Wildman–Crippen MR) is 55.4 cm³/mol. The van der Waals surface area contributed by atoms with Gasteiger partial charge in [0.2, 0.25) is 0 Å². The van der Waals surface area contributed by atoms with E-state index in [1.54, 1.807) is 0 Å². The van der Waals surface area contributed by atoms with Gasteiger partial charge < -0.3 is 3.93 Å².